The monoisotopic (exact) mass is 262 g/mol. The number of aryl methyl sites for hydroxylation is 3. The molecule has 2 rings (SSSR count). The summed E-state index contributed by atoms with van der Waals surface area (Å²) in [4.78, 5) is 4.52. The van der Waals surface area contributed by atoms with Gasteiger partial charge in [0.1, 0.15) is 5.76 Å². The molecule has 0 aliphatic heterocycles. The van der Waals surface area contributed by atoms with Crippen molar-refractivity contribution in [3.8, 4) is 0 Å². The second-order valence-corrected chi connectivity index (χ2v) is 5.41. The highest BCUT2D eigenvalue weighted by Crippen LogP contribution is 2.17. The van der Waals surface area contributed by atoms with Gasteiger partial charge in [0.05, 0.1) is 17.9 Å². The van der Waals surface area contributed by atoms with Crippen LogP contribution in [0.15, 0.2) is 10.7 Å². The van der Waals surface area contributed by atoms with Crippen LogP contribution in [0.5, 0.6) is 0 Å². The molecule has 19 heavy (non-hydrogen) atoms. The highest BCUT2D eigenvalue weighted by Gasteiger charge is 2.13. The van der Waals surface area contributed by atoms with Crippen molar-refractivity contribution in [1.29, 1.82) is 0 Å². The molecule has 0 atom stereocenters. The molecule has 1 N–H and O–H groups in total. The summed E-state index contributed by atoms with van der Waals surface area (Å²) in [7, 11) is 0. The van der Waals surface area contributed by atoms with Gasteiger partial charge >= 0.3 is 0 Å². The lowest BCUT2D eigenvalue weighted by Gasteiger charge is -2.11. The summed E-state index contributed by atoms with van der Waals surface area (Å²) in [6.07, 6.45) is 2.05. The topological polar surface area (TPSA) is 55.9 Å². The Hall–Kier alpha value is -1.78. The SMILES string of the molecule is Cc1cn(Cc2c(C)noc2C)c(NCC(C)C)n1. The summed E-state index contributed by atoms with van der Waals surface area (Å²) in [6.45, 7) is 11.9. The fourth-order valence-corrected chi connectivity index (χ4v) is 2.00. The van der Waals surface area contributed by atoms with Gasteiger partial charge in [0.25, 0.3) is 0 Å². The molecule has 2 heterocycles. The Labute approximate surface area is 114 Å². The highest BCUT2D eigenvalue weighted by molar-refractivity contribution is 5.31. The Bertz CT molecular complexity index is 534. The molecule has 0 aromatic carbocycles. The van der Waals surface area contributed by atoms with Crippen LogP contribution in [-0.2, 0) is 6.54 Å². The molecule has 0 fully saturated rings. The first-order valence-corrected chi connectivity index (χ1v) is 6.66. The molecular weight excluding hydrogens is 240 g/mol. The van der Waals surface area contributed by atoms with Gasteiger partial charge in [-0.15, -0.1) is 0 Å². The molecule has 0 saturated carbocycles. The summed E-state index contributed by atoms with van der Waals surface area (Å²) in [6, 6.07) is 0. The third kappa shape index (κ3) is 3.16. The van der Waals surface area contributed by atoms with Gasteiger partial charge in [0.2, 0.25) is 5.95 Å². The zero-order valence-electron chi connectivity index (χ0n) is 12.3. The largest absolute Gasteiger partial charge is 0.361 e. The van der Waals surface area contributed by atoms with Crippen LogP contribution in [0.1, 0.15) is 36.6 Å². The lowest BCUT2D eigenvalue weighted by Crippen LogP contribution is -2.13. The van der Waals surface area contributed by atoms with Crippen molar-refractivity contribution < 1.29 is 4.52 Å². The molecule has 0 unspecified atom stereocenters. The molecular formula is C14H22N4O. The van der Waals surface area contributed by atoms with E-state index >= 15 is 0 Å². The Balaban J connectivity index is 2.20. The number of nitrogens with zero attached hydrogens (tertiary/aromatic N) is 3. The van der Waals surface area contributed by atoms with E-state index in [2.05, 4.69) is 40.1 Å². The molecule has 0 aliphatic rings. The number of aromatic nitrogens is 3. The van der Waals surface area contributed by atoms with Gasteiger partial charge in [-0.25, -0.2) is 4.98 Å². The maximum absolute atomic E-state index is 5.21. The quantitative estimate of drug-likeness (QED) is 0.900. The maximum Gasteiger partial charge on any atom is 0.203 e. The van der Waals surface area contributed by atoms with Gasteiger partial charge in [-0.2, -0.15) is 0 Å². The molecule has 0 aliphatic carbocycles. The predicted octanol–water partition coefficient (Wildman–Crippen LogP) is 2.91. The molecule has 0 amide bonds. The van der Waals surface area contributed by atoms with E-state index in [1.54, 1.807) is 0 Å². The zero-order valence-corrected chi connectivity index (χ0v) is 12.3. The zero-order chi connectivity index (χ0) is 14.0. The lowest BCUT2D eigenvalue weighted by atomic mass is 10.2. The molecule has 104 valence electrons. The molecule has 5 heteroatoms. The summed E-state index contributed by atoms with van der Waals surface area (Å²) in [5, 5.41) is 7.38. The van der Waals surface area contributed by atoms with Crippen LogP contribution in [0.4, 0.5) is 5.95 Å². The minimum absolute atomic E-state index is 0.588. The summed E-state index contributed by atoms with van der Waals surface area (Å²) >= 11 is 0. The van der Waals surface area contributed by atoms with E-state index in [-0.39, 0.29) is 0 Å². The first-order chi connectivity index (χ1) is 8.97. The van der Waals surface area contributed by atoms with Crippen LogP contribution in [0, 0.1) is 26.7 Å². The van der Waals surface area contributed by atoms with Gasteiger partial charge in [-0.1, -0.05) is 19.0 Å². The Morgan fingerprint density at radius 1 is 1.32 bits per heavy atom. The van der Waals surface area contributed by atoms with Crippen LogP contribution in [0.3, 0.4) is 0 Å². The lowest BCUT2D eigenvalue weighted by molar-refractivity contribution is 0.392. The molecule has 2 aromatic rings. The van der Waals surface area contributed by atoms with Gasteiger partial charge < -0.3 is 14.4 Å². The van der Waals surface area contributed by atoms with Crippen molar-refractivity contribution >= 4 is 5.95 Å². The average Bonchev–Trinajstić information content (AvgIpc) is 2.84. The van der Waals surface area contributed by atoms with Crippen LogP contribution in [-0.4, -0.2) is 21.3 Å². The summed E-state index contributed by atoms with van der Waals surface area (Å²) in [5.74, 6) is 2.37. The third-order valence-electron chi connectivity index (χ3n) is 3.08. The molecule has 0 saturated heterocycles. The number of anilines is 1. The molecule has 0 bridgehead atoms. The summed E-state index contributed by atoms with van der Waals surface area (Å²) < 4.78 is 7.32. The normalized spacial score (nSPS) is 11.3. The third-order valence-corrected chi connectivity index (χ3v) is 3.08. The summed E-state index contributed by atoms with van der Waals surface area (Å²) in [5.41, 5.74) is 3.08. The van der Waals surface area contributed by atoms with Crippen LogP contribution >= 0.6 is 0 Å². The number of imidazole rings is 1. The van der Waals surface area contributed by atoms with Gasteiger partial charge in [0, 0.05) is 18.3 Å². The highest BCUT2D eigenvalue weighted by atomic mass is 16.5. The van der Waals surface area contributed by atoms with Crippen molar-refractivity contribution in [2.24, 2.45) is 5.92 Å². The minimum Gasteiger partial charge on any atom is -0.361 e. The van der Waals surface area contributed by atoms with Crippen molar-refractivity contribution in [2.75, 3.05) is 11.9 Å². The van der Waals surface area contributed by atoms with Crippen molar-refractivity contribution in [3.05, 3.63) is 28.9 Å². The fourth-order valence-electron chi connectivity index (χ4n) is 2.00. The first-order valence-electron chi connectivity index (χ1n) is 6.66. The molecule has 2 aromatic heterocycles. The second kappa shape index (κ2) is 5.47. The fraction of sp³-hybridized carbons (Fsp3) is 0.571. The number of rotatable bonds is 5. The van der Waals surface area contributed by atoms with Gasteiger partial charge in [-0.3, -0.25) is 0 Å². The number of hydrogen-bond acceptors (Lipinski definition) is 4. The average molecular weight is 262 g/mol. The van der Waals surface area contributed by atoms with Gasteiger partial charge in [0.15, 0.2) is 0 Å². The van der Waals surface area contributed by atoms with Crippen LogP contribution < -0.4 is 5.32 Å². The van der Waals surface area contributed by atoms with Crippen molar-refractivity contribution in [2.45, 2.75) is 41.2 Å². The minimum atomic E-state index is 0.588. The smallest absolute Gasteiger partial charge is 0.203 e. The Morgan fingerprint density at radius 3 is 2.63 bits per heavy atom. The van der Waals surface area contributed by atoms with E-state index in [0.717, 1.165) is 41.7 Å². The Kier molecular flexibility index (Phi) is 3.93. The van der Waals surface area contributed by atoms with E-state index < -0.39 is 0 Å². The van der Waals surface area contributed by atoms with E-state index in [1.165, 1.54) is 0 Å². The molecule has 0 radical (unpaired) electrons. The van der Waals surface area contributed by atoms with Crippen molar-refractivity contribution in [1.82, 2.24) is 14.7 Å². The Morgan fingerprint density at radius 2 is 2.05 bits per heavy atom. The van der Waals surface area contributed by atoms with E-state index in [0.29, 0.717) is 5.92 Å². The van der Waals surface area contributed by atoms with E-state index in [9.17, 15) is 0 Å². The maximum atomic E-state index is 5.21. The van der Waals surface area contributed by atoms with Crippen LogP contribution in [0.2, 0.25) is 0 Å². The van der Waals surface area contributed by atoms with E-state index in [1.807, 2.05) is 20.8 Å². The second-order valence-electron chi connectivity index (χ2n) is 5.41. The standard InChI is InChI=1S/C14H22N4O/c1-9(2)6-15-14-16-10(3)7-18(14)8-13-11(4)17-19-12(13)5/h7,9H,6,8H2,1-5H3,(H,15,16). The predicted molar refractivity (Wildman–Crippen MR) is 75.4 cm³/mol. The molecule has 0 spiro atoms. The number of hydrogen-bond donors (Lipinski definition) is 1. The van der Waals surface area contributed by atoms with E-state index in [4.69, 9.17) is 4.52 Å². The van der Waals surface area contributed by atoms with Gasteiger partial charge in [-0.05, 0) is 26.7 Å². The number of nitrogens with one attached hydrogen (secondary N) is 1. The first kappa shape index (κ1) is 13.6. The van der Waals surface area contributed by atoms with Crippen molar-refractivity contribution in [3.63, 3.8) is 0 Å². The molecule has 5 nitrogen and oxygen atoms in total. The van der Waals surface area contributed by atoms with Crippen LogP contribution in [0.25, 0.3) is 0 Å².